The lowest BCUT2D eigenvalue weighted by atomic mass is 10.3. The molecule has 0 rings (SSSR count). The first-order valence-corrected chi connectivity index (χ1v) is 7.14. The van der Waals surface area contributed by atoms with Crippen molar-refractivity contribution in [1.82, 2.24) is 0 Å². The number of alkyl halides is 1. The van der Waals surface area contributed by atoms with Crippen LogP contribution in [0.2, 0.25) is 0 Å². The van der Waals surface area contributed by atoms with Crippen molar-refractivity contribution in [1.29, 1.82) is 0 Å². The van der Waals surface area contributed by atoms with Gasteiger partial charge in [-0.25, -0.2) is 0 Å². The monoisotopic (exact) mass is 226 g/mol. The molecule has 0 bridgehead atoms. The van der Waals surface area contributed by atoms with Gasteiger partial charge in [-0.1, -0.05) is 49.3 Å². The zero-order valence-corrected chi connectivity index (χ0v) is 10.8. The second kappa shape index (κ2) is 6.44. The maximum Gasteiger partial charge on any atom is 0.0234 e. The normalized spacial score (nSPS) is 14.8. The molecule has 3 heteroatoms. The Kier molecular flexibility index (Phi) is 6.98. The van der Waals surface area contributed by atoms with Gasteiger partial charge in [0.05, 0.1) is 0 Å². The summed E-state index contributed by atoms with van der Waals surface area (Å²) in [5.74, 6) is 0.788. The van der Waals surface area contributed by atoms with E-state index in [-0.39, 0.29) is 0 Å². The Morgan fingerprint density at radius 1 is 1.33 bits per heavy atom. The van der Waals surface area contributed by atoms with Gasteiger partial charge in [0, 0.05) is 15.9 Å². The van der Waals surface area contributed by atoms with Crippen molar-refractivity contribution in [3.8, 4) is 0 Å². The summed E-state index contributed by atoms with van der Waals surface area (Å²) in [5.41, 5.74) is 0. The second-order valence-electron chi connectivity index (χ2n) is 3.80. The molecule has 0 spiro atoms. The first-order valence-electron chi connectivity index (χ1n) is 4.40. The summed E-state index contributed by atoms with van der Waals surface area (Å²) in [4.78, 5) is 0. The van der Waals surface area contributed by atoms with E-state index in [0.717, 1.165) is 17.6 Å². The molecule has 0 aromatic rings. The summed E-state index contributed by atoms with van der Waals surface area (Å²) in [7, 11) is 3.95. The molecule has 12 heavy (non-hydrogen) atoms. The molecule has 0 aliphatic heterocycles. The molecule has 0 aromatic heterocycles. The average molecular weight is 227 g/mol. The number of halogens is 1. The zero-order valence-electron chi connectivity index (χ0n) is 8.39. The first-order chi connectivity index (χ1) is 5.49. The van der Waals surface area contributed by atoms with Crippen LogP contribution in [0.3, 0.4) is 0 Å². The Bertz CT molecular complexity index is 110. The highest BCUT2D eigenvalue weighted by Crippen LogP contribution is 2.39. The van der Waals surface area contributed by atoms with E-state index in [1.165, 1.54) is 6.42 Å². The third-order valence-electron chi connectivity index (χ3n) is 1.32. The van der Waals surface area contributed by atoms with Crippen LogP contribution in [0.25, 0.3) is 0 Å². The van der Waals surface area contributed by atoms with Crippen LogP contribution in [0.15, 0.2) is 0 Å². The summed E-state index contributed by atoms with van der Waals surface area (Å²) in [6.07, 6.45) is 2.35. The smallest absolute Gasteiger partial charge is 0.0234 e. The molecule has 0 unspecified atom stereocenters. The molecule has 0 aliphatic rings. The fraction of sp³-hybridized carbons (Fsp3) is 1.00. The lowest BCUT2D eigenvalue weighted by Gasteiger charge is -2.20. The van der Waals surface area contributed by atoms with Crippen molar-refractivity contribution >= 4 is 33.2 Å². The summed E-state index contributed by atoms with van der Waals surface area (Å²) < 4.78 is 0.365. The van der Waals surface area contributed by atoms with E-state index in [9.17, 15) is 0 Å². The molecule has 0 saturated carbocycles. The Labute approximate surface area is 89.6 Å². The summed E-state index contributed by atoms with van der Waals surface area (Å²) in [6.45, 7) is 8.97. The quantitative estimate of drug-likeness (QED) is 0.498. The van der Waals surface area contributed by atoms with Crippen LogP contribution in [-0.2, 0) is 0 Å². The van der Waals surface area contributed by atoms with Crippen LogP contribution in [0.4, 0.5) is 0 Å². The van der Waals surface area contributed by atoms with Crippen LogP contribution in [-0.4, -0.2) is 15.9 Å². The van der Waals surface area contributed by atoms with Gasteiger partial charge in [-0.2, -0.15) is 0 Å². The van der Waals surface area contributed by atoms with E-state index >= 15 is 0 Å². The third kappa shape index (κ3) is 7.63. The lowest BCUT2D eigenvalue weighted by molar-refractivity contribution is 0.796. The molecule has 0 aromatic carbocycles. The van der Waals surface area contributed by atoms with Crippen molar-refractivity contribution in [3.63, 3.8) is 0 Å². The van der Waals surface area contributed by atoms with Crippen molar-refractivity contribution in [3.05, 3.63) is 0 Å². The first kappa shape index (κ1) is 13.0. The average Bonchev–Trinajstić information content (AvgIpc) is 1.96. The zero-order chi connectivity index (χ0) is 9.61. The minimum atomic E-state index is 0.365. The van der Waals surface area contributed by atoms with Crippen LogP contribution < -0.4 is 0 Å². The molecule has 0 radical (unpaired) electrons. The Morgan fingerprint density at radius 3 is 2.25 bits per heavy atom. The van der Waals surface area contributed by atoms with Gasteiger partial charge >= 0.3 is 0 Å². The van der Waals surface area contributed by atoms with Gasteiger partial charge in [0.15, 0.2) is 0 Å². The standard InChI is InChI=1S/C9H19ClS2/c1-5-8(6-7-10)11-12-9(2,3)4/h8H,5-7H2,1-4H3/t8-/m1/s1. The molecule has 0 heterocycles. The van der Waals surface area contributed by atoms with Crippen molar-refractivity contribution in [2.75, 3.05) is 5.88 Å². The van der Waals surface area contributed by atoms with E-state index in [0.29, 0.717) is 4.75 Å². The van der Waals surface area contributed by atoms with Crippen LogP contribution in [0.5, 0.6) is 0 Å². The van der Waals surface area contributed by atoms with E-state index < -0.39 is 0 Å². The highest BCUT2D eigenvalue weighted by molar-refractivity contribution is 8.77. The topological polar surface area (TPSA) is 0 Å². The Balaban J connectivity index is 3.58. The highest BCUT2D eigenvalue weighted by Gasteiger charge is 2.14. The maximum absolute atomic E-state index is 5.70. The fourth-order valence-corrected chi connectivity index (χ4v) is 3.79. The van der Waals surface area contributed by atoms with Gasteiger partial charge < -0.3 is 0 Å². The molecular formula is C9H19ClS2. The molecule has 0 nitrogen and oxygen atoms in total. The van der Waals surface area contributed by atoms with E-state index in [1.54, 1.807) is 0 Å². The third-order valence-corrected chi connectivity index (χ3v) is 5.58. The molecule has 0 aliphatic carbocycles. The fourth-order valence-electron chi connectivity index (χ4n) is 0.654. The Morgan fingerprint density at radius 2 is 1.92 bits per heavy atom. The van der Waals surface area contributed by atoms with Gasteiger partial charge in [-0.05, 0) is 12.8 Å². The predicted molar refractivity (Wildman–Crippen MR) is 64.4 cm³/mol. The summed E-state index contributed by atoms with van der Waals surface area (Å²) in [5, 5.41) is 0.728. The van der Waals surface area contributed by atoms with Gasteiger partial charge in [-0.15, -0.1) is 11.6 Å². The number of rotatable bonds is 5. The van der Waals surface area contributed by atoms with E-state index in [4.69, 9.17) is 11.6 Å². The maximum atomic E-state index is 5.70. The number of hydrogen-bond acceptors (Lipinski definition) is 2. The van der Waals surface area contributed by atoms with Crippen LogP contribution >= 0.6 is 33.2 Å². The summed E-state index contributed by atoms with van der Waals surface area (Å²) in [6, 6.07) is 0. The van der Waals surface area contributed by atoms with E-state index in [2.05, 4.69) is 27.7 Å². The van der Waals surface area contributed by atoms with Crippen molar-refractivity contribution in [2.24, 2.45) is 0 Å². The van der Waals surface area contributed by atoms with Gasteiger partial charge in [-0.3, -0.25) is 0 Å². The molecule has 1 atom stereocenters. The van der Waals surface area contributed by atoms with Gasteiger partial charge in [0.2, 0.25) is 0 Å². The second-order valence-corrected chi connectivity index (χ2v) is 7.51. The molecule has 0 fully saturated rings. The minimum absolute atomic E-state index is 0.365. The predicted octanol–water partition coefficient (Wildman–Crippen LogP) is 4.57. The molecule has 0 N–H and O–H groups in total. The minimum Gasteiger partial charge on any atom is -0.127 e. The molecule has 74 valence electrons. The van der Waals surface area contributed by atoms with Gasteiger partial charge in [0.1, 0.15) is 0 Å². The SMILES string of the molecule is CC[C@H](CCCl)SSC(C)(C)C. The largest absolute Gasteiger partial charge is 0.127 e. The van der Waals surface area contributed by atoms with Crippen molar-refractivity contribution < 1.29 is 0 Å². The lowest BCUT2D eigenvalue weighted by Crippen LogP contribution is -2.08. The van der Waals surface area contributed by atoms with Gasteiger partial charge in [0.25, 0.3) is 0 Å². The molecule has 0 saturated heterocycles. The van der Waals surface area contributed by atoms with E-state index in [1.807, 2.05) is 21.6 Å². The van der Waals surface area contributed by atoms with Crippen LogP contribution in [0, 0.1) is 0 Å². The Hall–Kier alpha value is 0.990. The highest BCUT2D eigenvalue weighted by atomic mass is 35.5. The summed E-state index contributed by atoms with van der Waals surface area (Å²) >= 11 is 5.70. The molecule has 0 amide bonds. The number of hydrogen-bond donors (Lipinski definition) is 0. The van der Waals surface area contributed by atoms with Crippen LogP contribution in [0.1, 0.15) is 40.5 Å². The van der Waals surface area contributed by atoms with Crippen molar-refractivity contribution in [2.45, 2.75) is 50.5 Å². The molecular weight excluding hydrogens is 208 g/mol.